The topological polar surface area (TPSA) is 30.8 Å². The third-order valence-electron chi connectivity index (χ3n) is 3.22. The van der Waals surface area contributed by atoms with Crippen LogP contribution < -0.4 is 4.74 Å². The number of hydrogen-bond donors (Lipinski definition) is 0. The lowest BCUT2D eigenvalue weighted by Crippen LogP contribution is -1.96. The van der Waals surface area contributed by atoms with Crippen molar-refractivity contribution in [2.75, 3.05) is 19.8 Å². The molecule has 2 rings (SSSR count). The molecule has 0 unspecified atom stereocenters. The summed E-state index contributed by atoms with van der Waals surface area (Å²) < 4.78 is 11.0. The lowest BCUT2D eigenvalue weighted by atomic mass is 10.2. The second-order valence-electron chi connectivity index (χ2n) is 5.07. The van der Waals surface area contributed by atoms with Crippen molar-refractivity contribution in [1.82, 2.24) is 0 Å². The maximum absolute atomic E-state index is 5.86. The Morgan fingerprint density at radius 2 is 1.78 bits per heavy atom. The van der Waals surface area contributed by atoms with Crippen LogP contribution in [0.2, 0.25) is 5.02 Å². The third-order valence-corrected chi connectivity index (χ3v) is 3.47. The zero-order valence-corrected chi connectivity index (χ0v) is 14.1. The summed E-state index contributed by atoms with van der Waals surface area (Å²) in [7, 11) is 0. The molecule has 4 heteroatoms. The highest BCUT2D eigenvalue weighted by molar-refractivity contribution is 6.30. The first kappa shape index (κ1) is 17.5. The molecule has 2 aromatic rings. The van der Waals surface area contributed by atoms with Crippen LogP contribution in [0.15, 0.2) is 53.5 Å². The van der Waals surface area contributed by atoms with Crippen LogP contribution in [-0.2, 0) is 11.3 Å². The van der Waals surface area contributed by atoms with Gasteiger partial charge in [-0.3, -0.25) is 4.99 Å². The largest absolute Gasteiger partial charge is 0.489 e. The Kier molecular flexibility index (Phi) is 7.64. The van der Waals surface area contributed by atoms with Crippen LogP contribution in [0.3, 0.4) is 0 Å². The zero-order chi connectivity index (χ0) is 16.3. The van der Waals surface area contributed by atoms with Gasteiger partial charge in [-0.2, -0.15) is 0 Å². The Balaban J connectivity index is 1.75. The number of rotatable bonds is 9. The van der Waals surface area contributed by atoms with E-state index in [4.69, 9.17) is 21.1 Å². The predicted octanol–water partition coefficient (Wildman–Crippen LogP) is 4.76. The summed E-state index contributed by atoms with van der Waals surface area (Å²) >= 11 is 5.86. The fourth-order valence-electron chi connectivity index (χ4n) is 1.97. The molecule has 0 aliphatic rings. The maximum Gasteiger partial charge on any atom is 0.119 e. The fraction of sp³-hybridized carbons (Fsp3) is 0.316. The molecule has 3 nitrogen and oxygen atoms in total. The smallest absolute Gasteiger partial charge is 0.119 e. The van der Waals surface area contributed by atoms with Crippen molar-refractivity contribution < 1.29 is 9.47 Å². The van der Waals surface area contributed by atoms with E-state index in [1.807, 2.05) is 61.7 Å². The van der Waals surface area contributed by atoms with Gasteiger partial charge in [0, 0.05) is 31.0 Å². The van der Waals surface area contributed by atoms with Gasteiger partial charge >= 0.3 is 0 Å². The second-order valence-corrected chi connectivity index (χ2v) is 5.51. The molecule has 122 valence electrons. The summed E-state index contributed by atoms with van der Waals surface area (Å²) in [6.07, 6.45) is 2.83. The first-order valence-corrected chi connectivity index (χ1v) is 8.20. The monoisotopic (exact) mass is 331 g/mol. The molecule has 2 aromatic carbocycles. The lowest BCUT2D eigenvalue weighted by Gasteiger charge is -2.06. The molecule has 0 saturated heterocycles. The van der Waals surface area contributed by atoms with E-state index >= 15 is 0 Å². The quantitative estimate of drug-likeness (QED) is 0.489. The number of ether oxygens (including phenoxy) is 2. The number of nitrogens with zero attached hydrogens (tertiary/aromatic N) is 1. The Morgan fingerprint density at radius 3 is 2.48 bits per heavy atom. The zero-order valence-electron chi connectivity index (χ0n) is 13.4. The van der Waals surface area contributed by atoms with Crippen molar-refractivity contribution in [1.29, 1.82) is 0 Å². The lowest BCUT2D eigenvalue weighted by molar-refractivity contribution is 0.146. The van der Waals surface area contributed by atoms with Gasteiger partial charge < -0.3 is 9.47 Å². The first-order valence-electron chi connectivity index (χ1n) is 7.83. The van der Waals surface area contributed by atoms with Gasteiger partial charge in [0.15, 0.2) is 0 Å². The van der Waals surface area contributed by atoms with Crippen molar-refractivity contribution in [2.24, 2.45) is 4.99 Å². The summed E-state index contributed by atoms with van der Waals surface area (Å²) in [6.45, 7) is 4.85. The average Bonchev–Trinajstić information content (AvgIpc) is 2.58. The van der Waals surface area contributed by atoms with Gasteiger partial charge in [-0.05, 0) is 60.9 Å². The highest BCUT2D eigenvalue weighted by Crippen LogP contribution is 2.15. The SMILES string of the molecule is CCOCCCN=Cc1ccc(OCc2ccc(Cl)cc2)cc1. The minimum Gasteiger partial charge on any atom is -0.489 e. The number of benzene rings is 2. The van der Waals surface area contributed by atoms with Gasteiger partial charge in [0.05, 0.1) is 0 Å². The van der Waals surface area contributed by atoms with Gasteiger partial charge in [0.25, 0.3) is 0 Å². The van der Waals surface area contributed by atoms with E-state index in [0.717, 1.165) is 48.1 Å². The molecule has 0 radical (unpaired) electrons. The van der Waals surface area contributed by atoms with Crippen LogP contribution in [0, 0.1) is 0 Å². The molecule has 0 fully saturated rings. The molecule has 0 aromatic heterocycles. The fourth-order valence-corrected chi connectivity index (χ4v) is 2.10. The van der Waals surface area contributed by atoms with Gasteiger partial charge in [0.1, 0.15) is 12.4 Å². The first-order chi connectivity index (χ1) is 11.3. The molecular formula is C19H22ClNO2. The van der Waals surface area contributed by atoms with E-state index in [0.29, 0.717) is 6.61 Å². The maximum atomic E-state index is 5.86. The van der Waals surface area contributed by atoms with Crippen molar-refractivity contribution >= 4 is 17.8 Å². The Bertz CT molecular complexity index is 594. The standard InChI is InChI=1S/C19H22ClNO2/c1-2-22-13-3-12-21-14-16-6-10-19(11-7-16)23-15-17-4-8-18(20)9-5-17/h4-11,14H,2-3,12-13,15H2,1H3. The summed E-state index contributed by atoms with van der Waals surface area (Å²) in [5, 5.41) is 0.735. The number of hydrogen-bond acceptors (Lipinski definition) is 3. The summed E-state index contributed by atoms with van der Waals surface area (Å²) in [4.78, 5) is 4.39. The van der Waals surface area contributed by atoms with Gasteiger partial charge in [-0.15, -0.1) is 0 Å². The highest BCUT2D eigenvalue weighted by Gasteiger charge is 1.97. The van der Waals surface area contributed by atoms with Crippen molar-refractivity contribution in [3.8, 4) is 5.75 Å². The van der Waals surface area contributed by atoms with E-state index < -0.39 is 0 Å². The molecule has 0 heterocycles. The number of aliphatic imine (C=N–C) groups is 1. The predicted molar refractivity (Wildman–Crippen MR) is 95.8 cm³/mol. The van der Waals surface area contributed by atoms with Crippen LogP contribution in [0.1, 0.15) is 24.5 Å². The Labute approximate surface area is 142 Å². The van der Waals surface area contributed by atoms with Crippen LogP contribution in [0.5, 0.6) is 5.75 Å². The summed E-state index contributed by atoms with van der Waals surface area (Å²) in [6, 6.07) is 15.6. The molecule has 0 spiro atoms. The van der Waals surface area contributed by atoms with E-state index in [2.05, 4.69) is 4.99 Å². The molecule has 0 amide bonds. The highest BCUT2D eigenvalue weighted by atomic mass is 35.5. The van der Waals surface area contributed by atoms with Crippen LogP contribution in [0.25, 0.3) is 0 Å². The molecule has 23 heavy (non-hydrogen) atoms. The van der Waals surface area contributed by atoms with Gasteiger partial charge in [-0.1, -0.05) is 23.7 Å². The van der Waals surface area contributed by atoms with E-state index in [-0.39, 0.29) is 0 Å². The Hall–Kier alpha value is -1.84. The minimum atomic E-state index is 0.530. The minimum absolute atomic E-state index is 0.530. The van der Waals surface area contributed by atoms with Crippen LogP contribution in [0.4, 0.5) is 0 Å². The molecular weight excluding hydrogens is 310 g/mol. The molecule has 0 atom stereocenters. The van der Waals surface area contributed by atoms with E-state index in [9.17, 15) is 0 Å². The molecule has 0 aliphatic heterocycles. The second kappa shape index (κ2) is 10.0. The third kappa shape index (κ3) is 6.85. The van der Waals surface area contributed by atoms with E-state index in [1.54, 1.807) is 0 Å². The van der Waals surface area contributed by atoms with Crippen molar-refractivity contribution in [3.05, 3.63) is 64.7 Å². The van der Waals surface area contributed by atoms with Crippen molar-refractivity contribution in [3.63, 3.8) is 0 Å². The van der Waals surface area contributed by atoms with Crippen LogP contribution >= 0.6 is 11.6 Å². The Morgan fingerprint density at radius 1 is 1.04 bits per heavy atom. The van der Waals surface area contributed by atoms with Crippen molar-refractivity contribution in [2.45, 2.75) is 20.0 Å². The molecule has 0 N–H and O–H groups in total. The molecule has 0 aliphatic carbocycles. The van der Waals surface area contributed by atoms with Gasteiger partial charge in [-0.25, -0.2) is 0 Å². The normalized spacial score (nSPS) is 11.0. The van der Waals surface area contributed by atoms with E-state index in [1.165, 1.54) is 0 Å². The van der Waals surface area contributed by atoms with Gasteiger partial charge in [0.2, 0.25) is 0 Å². The average molecular weight is 332 g/mol. The summed E-state index contributed by atoms with van der Waals surface area (Å²) in [5.41, 5.74) is 2.16. The summed E-state index contributed by atoms with van der Waals surface area (Å²) in [5.74, 6) is 0.841. The molecule has 0 bridgehead atoms. The molecule has 0 saturated carbocycles. The number of halogens is 1. The van der Waals surface area contributed by atoms with Crippen LogP contribution in [-0.4, -0.2) is 26.0 Å².